The van der Waals surface area contributed by atoms with Crippen molar-refractivity contribution < 1.29 is 4.39 Å². The lowest BCUT2D eigenvalue weighted by Gasteiger charge is -2.36. The van der Waals surface area contributed by atoms with Crippen LogP contribution < -0.4 is 0 Å². The van der Waals surface area contributed by atoms with E-state index in [1.807, 2.05) is 6.92 Å². The predicted octanol–water partition coefficient (Wildman–Crippen LogP) is 5.18. The van der Waals surface area contributed by atoms with Gasteiger partial charge in [0, 0.05) is 0 Å². The highest BCUT2D eigenvalue weighted by Crippen LogP contribution is 2.50. The third-order valence-electron chi connectivity index (χ3n) is 5.23. The highest BCUT2D eigenvalue weighted by Gasteiger charge is 2.40. The zero-order valence-electron chi connectivity index (χ0n) is 11.4. The van der Waals surface area contributed by atoms with Crippen molar-refractivity contribution in [1.29, 1.82) is 0 Å². The number of hydrogen-bond acceptors (Lipinski definition) is 0. The van der Waals surface area contributed by atoms with E-state index < -0.39 is 5.41 Å². The Morgan fingerprint density at radius 2 is 1.94 bits per heavy atom. The van der Waals surface area contributed by atoms with Gasteiger partial charge in [0.05, 0.1) is 0 Å². The van der Waals surface area contributed by atoms with Crippen LogP contribution >= 0.6 is 9.24 Å². The van der Waals surface area contributed by atoms with Gasteiger partial charge < -0.3 is 0 Å². The molecule has 0 aromatic rings. The SMILES string of the molecule is CCC1CC1CC1CCCC(C(F)(P)CC)C1. The fourth-order valence-electron chi connectivity index (χ4n) is 3.76. The number of rotatable bonds is 5. The standard InChI is InChI=1S/C15H28FP/c1-3-12-10-13(12)8-11-6-5-7-14(9-11)15(16,17)4-2/h11-14H,3-10,17H2,1-2H3. The molecule has 0 heterocycles. The van der Waals surface area contributed by atoms with Crippen molar-refractivity contribution in [2.75, 3.05) is 0 Å². The molecule has 2 saturated carbocycles. The van der Waals surface area contributed by atoms with Crippen LogP contribution in [0.4, 0.5) is 4.39 Å². The average Bonchev–Trinajstić information content (AvgIpc) is 3.08. The van der Waals surface area contributed by atoms with Crippen LogP contribution in [0, 0.1) is 23.7 Å². The molecule has 2 rings (SSSR count). The maximum atomic E-state index is 14.3. The van der Waals surface area contributed by atoms with Gasteiger partial charge in [0.15, 0.2) is 0 Å². The number of hydrogen-bond donors (Lipinski definition) is 0. The molecule has 6 atom stereocenters. The Hall–Kier alpha value is 0.360. The summed E-state index contributed by atoms with van der Waals surface area (Å²) in [6.45, 7) is 4.28. The van der Waals surface area contributed by atoms with Crippen LogP contribution in [0.15, 0.2) is 0 Å². The molecule has 0 spiro atoms. The molecule has 2 aliphatic carbocycles. The van der Waals surface area contributed by atoms with Crippen LogP contribution in [0.5, 0.6) is 0 Å². The summed E-state index contributed by atoms with van der Waals surface area (Å²) in [5, 5.41) is -0.994. The molecule has 0 amide bonds. The molecule has 0 bridgehead atoms. The van der Waals surface area contributed by atoms with Gasteiger partial charge in [-0.1, -0.05) is 42.3 Å². The van der Waals surface area contributed by atoms with E-state index in [0.29, 0.717) is 12.3 Å². The summed E-state index contributed by atoms with van der Waals surface area (Å²) in [5.74, 6) is 3.11. The molecule has 0 aromatic heterocycles. The van der Waals surface area contributed by atoms with E-state index in [1.165, 1.54) is 32.1 Å². The molecule has 2 fully saturated rings. The van der Waals surface area contributed by atoms with Gasteiger partial charge in [-0.3, -0.25) is 0 Å². The van der Waals surface area contributed by atoms with Crippen molar-refractivity contribution >= 4 is 9.24 Å². The van der Waals surface area contributed by atoms with E-state index in [1.54, 1.807) is 0 Å². The fraction of sp³-hybridized carbons (Fsp3) is 1.00. The van der Waals surface area contributed by atoms with E-state index in [-0.39, 0.29) is 0 Å². The van der Waals surface area contributed by atoms with Crippen LogP contribution in [0.3, 0.4) is 0 Å². The highest BCUT2D eigenvalue weighted by molar-refractivity contribution is 7.18. The number of halogens is 1. The zero-order valence-corrected chi connectivity index (χ0v) is 12.6. The van der Waals surface area contributed by atoms with Crippen LogP contribution in [0.1, 0.15) is 65.2 Å². The predicted molar refractivity (Wildman–Crippen MR) is 75.8 cm³/mol. The first-order valence-electron chi connectivity index (χ1n) is 7.54. The highest BCUT2D eigenvalue weighted by atomic mass is 31.0. The average molecular weight is 258 g/mol. The first kappa shape index (κ1) is 13.8. The molecule has 0 saturated heterocycles. The molecule has 0 N–H and O–H groups in total. The molecular formula is C15H28FP. The minimum absolute atomic E-state index is 0.301. The lowest BCUT2D eigenvalue weighted by molar-refractivity contribution is 0.110. The van der Waals surface area contributed by atoms with Gasteiger partial charge in [-0.25, -0.2) is 4.39 Å². The smallest absolute Gasteiger partial charge is 0.126 e. The molecule has 0 aromatic carbocycles. The summed E-state index contributed by atoms with van der Waals surface area (Å²) >= 11 is 0. The normalized spacial score (nSPS) is 40.9. The maximum absolute atomic E-state index is 14.3. The summed E-state index contributed by atoms with van der Waals surface area (Å²) in [6, 6.07) is 0. The van der Waals surface area contributed by atoms with Gasteiger partial charge in [0.2, 0.25) is 0 Å². The van der Waals surface area contributed by atoms with E-state index in [0.717, 1.165) is 30.6 Å². The minimum atomic E-state index is -0.994. The van der Waals surface area contributed by atoms with E-state index in [9.17, 15) is 4.39 Å². The summed E-state index contributed by atoms with van der Waals surface area (Å²) in [7, 11) is 2.49. The zero-order chi connectivity index (χ0) is 12.5. The Labute approximate surface area is 108 Å². The second-order valence-electron chi connectivity index (χ2n) is 6.41. The van der Waals surface area contributed by atoms with Gasteiger partial charge in [0.25, 0.3) is 0 Å². The van der Waals surface area contributed by atoms with Crippen molar-refractivity contribution in [2.24, 2.45) is 23.7 Å². The quantitative estimate of drug-likeness (QED) is 0.596. The molecule has 2 aliphatic rings. The molecule has 0 radical (unpaired) electrons. The molecule has 17 heavy (non-hydrogen) atoms. The van der Waals surface area contributed by atoms with Crippen molar-refractivity contribution in [2.45, 2.75) is 70.6 Å². The van der Waals surface area contributed by atoms with Crippen molar-refractivity contribution in [3.63, 3.8) is 0 Å². The Morgan fingerprint density at radius 1 is 1.18 bits per heavy atom. The third kappa shape index (κ3) is 3.43. The molecular weight excluding hydrogens is 230 g/mol. The van der Waals surface area contributed by atoms with Gasteiger partial charge >= 0.3 is 0 Å². The van der Waals surface area contributed by atoms with Crippen molar-refractivity contribution in [3.05, 3.63) is 0 Å². The Balaban J connectivity index is 1.81. The molecule has 0 aliphatic heterocycles. The summed E-state index contributed by atoms with van der Waals surface area (Å²) in [4.78, 5) is 0. The molecule has 6 unspecified atom stereocenters. The van der Waals surface area contributed by atoms with Crippen molar-refractivity contribution in [1.82, 2.24) is 0 Å². The van der Waals surface area contributed by atoms with Crippen LogP contribution in [-0.2, 0) is 0 Å². The second kappa shape index (κ2) is 5.55. The van der Waals surface area contributed by atoms with Gasteiger partial charge in [-0.15, -0.1) is 0 Å². The van der Waals surface area contributed by atoms with Gasteiger partial charge in [-0.2, -0.15) is 0 Å². The second-order valence-corrected chi connectivity index (χ2v) is 7.37. The largest absolute Gasteiger partial charge is 0.239 e. The van der Waals surface area contributed by atoms with E-state index >= 15 is 0 Å². The van der Waals surface area contributed by atoms with Crippen LogP contribution in [0.2, 0.25) is 0 Å². The number of alkyl halides is 1. The topological polar surface area (TPSA) is 0 Å². The summed E-state index contributed by atoms with van der Waals surface area (Å²) in [5.41, 5.74) is 0. The lowest BCUT2D eigenvalue weighted by Crippen LogP contribution is -2.30. The summed E-state index contributed by atoms with van der Waals surface area (Å²) in [6.07, 6.45) is 9.69. The van der Waals surface area contributed by atoms with Crippen LogP contribution in [0.25, 0.3) is 0 Å². The minimum Gasteiger partial charge on any atom is -0.239 e. The van der Waals surface area contributed by atoms with Gasteiger partial charge in [-0.05, 0) is 55.8 Å². The van der Waals surface area contributed by atoms with Gasteiger partial charge in [0.1, 0.15) is 5.41 Å². The Morgan fingerprint density at radius 3 is 2.53 bits per heavy atom. The molecule has 2 heteroatoms. The molecule has 0 nitrogen and oxygen atoms in total. The van der Waals surface area contributed by atoms with Crippen molar-refractivity contribution in [3.8, 4) is 0 Å². The lowest BCUT2D eigenvalue weighted by atomic mass is 9.76. The molecule has 100 valence electrons. The Kier molecular flexibility index (Phi) is 4.50. The maximum Gasteiger partial charge on any atom is 0.126 e. The van der Waals surface area contributed by atoms with E-state index in [2.05, 4.69) is 16.2 Å². The first-order valence-corrected chi connectivity index (χ1v) is 8.12. The van der Waals surface area contributed by atoms with E-state index in [4.69, 9.17) is 0 Å². The third-order valence-corrected chi connectivity index (χ3v) is 6.11. The van der Waals surface area contributed by atoms with Crippen LogP contribution in [-0.4, -0.2) is 5.41 Å². The Bertz CT molecular complexity index is 251. The summed E-state index contributed by atoms with van der Waals surface area (Å²) < 4.78 is 14.3. The monoisotopic (exact) mass is 258 g/mol. The first-order chi connectivity index (χ1) is 8.06. The fourth-order valence-corrected chi connectivity index (χ4v) is 4.06.